The Morgan fingerprint density at radius 1 is 1.30 bits per heavy atom. The van der Waals surface area contributed by atoms with Gasteiger partial charge in [0.15, 0.2) is 0 Å². The monoisotopic (exact) mass is 268 g/mol. The third-order valence-electron chi connectivity index (χ3n) is 2.62. The molecule has 0 fully saturated rings. The molecule has 0 spiro atoms. The average Bonchev–Trinajstić information content (AvgIpc) is 2.49. The van der Waals surface area contributed by atoms with E-state index in [-0.39, 0.29) is 18.9 Å². The summed E-state index contributed by atoms with van der Waals surface area (Å²) < 4.78 is 0. The van der Waals surface area contributed by atoms with Crippen molar-refractivity contribution in [2.45, 2.75) is 6.42 Å². The molecular weight excluding hydrogens is 256 g/mol. The maximum absolute atomic E-state index is 12.4. The Hall–Kier alpha value is -2.87. The van der Waals surface area contributed by atoms with Crippen LogP contribution in [0.5, 0.6) is 0 Å². The lowest BCUT2D eigenvalue weighted by Crippen LogP contribution is -2.34. The van der Waals surface area contributed by atoms with Gasteiger partial charge in [-0.1, -0.05) is 17.5 Å². The van der Waals surface area contributed by atoms with Crippen molar-refractivity contribution in [3.05, 3.63) is 59.7 Å². The summed E-state index contributed by atoms with van der Waals surface area (Å²) in [6.45, 7) is 0.0593. The first kappa shape index (κ1) is 13.6. The van der Waals surface area contributed by atoms with Crippen molar-refractivity contribution in [3.63, 3.8) is 0 Å². The fraction of sp³-hybridized carbons (Fsp3) is 0.133. The Bertz CT molecular complexity index is 649. The first-order valence-electron chi connectivity index (χ1n) is 6.01. The van der Waals surface area contributed by atoms with Crippen molar-refractivity contribution in [1.82, 2.24) is 4.98 Å². The number of carbonyl (C=O) groups excluding carboxylic acids is 1. The van der Waals surface area contributed by atoms with E-state index in [0.29, 0.717) is 11.4 Å². The summed E-state index contributed by atoms with van der Waals surface area (Å²) in [5.74, 6) is -0.853. The normalized spacial score (nSPS) is 12.1. The number of hydrogen-bond donors (Lipinski definition) is 1. The number of aliphatic carboxylic acids is 1. The Kier molecular flexibility index (Phi) is 4.30. The van der Waals surface area contributed by atoms with E-state index in [1.165, 1.54) is 11.0 Å². The van der Waals surface area contributed by atoms with Crippen LogP contribution < -0.4 is 4.90 Å². The number of nitrogens with zero attached hydrogens (tertiary/aromatic N) is 2. The summed E-state index contributed by atoms with van der Waals surface area (Å²) in [6.07, 6.45) is 6.11. The van der Waals surface area contributed by atoms with Gasteiger partial charge in [-0.05, 0) is 24.3 Å². The predicted molar refractivity (Wildman–Crippen MR) is 73.1 cm³/mol. The topological polar surface area (TPSA) is 70.5 Å². The van der Waals surface area contributed by atoms with Crippen molar-refractivity contribution >= 4 is 17.7 Å². The van der Waals surface area contributed by atoms with Gasteiger partial charge in [0.1, 0.15) is 5.82 Å². The maximum Gasteiger partial charge on any atom is 0.305 e. The van der Waals surface area contributed by atoms with E-state index in [1.54, 1.807) is 36.5 Å². The Labute approximate surface area is 115 Å². The van der Waals surface area contributed by atoms with Crippen molar-refractivity contribution in [1.29, 1.82) is 0 Å². The minimum Gasteiger partial charge on any atom is -0.481 e. The molecule has 5 nitrogen and oxygen atoms in total. The van der Waals surface area contributed by atoms with Gasteiger partial charge in [-0.3, -0.25) is 14.5 Å². The zero-order valence-corrected chi connectivity index (χ0v) is 10.6. The second-order valence-corrected chi connectivity index (χ2v) is 4.01. The molecule has 100 valence electrons. The minimum atomic E-state index is -0.966. The van der Waals surface area contributed by atoms with Gasteiger partial charge in [0, 0.05) is 24.4 Å². The first-order chi connectivity index (χ1) is 9.68. The first-order valence-corrected chi connectivity index (χ1v) is 6.01. The summed E-state index contributed by atoms with van der Waals surface area (Å²) >= 11 is 0. The second kappa shape index (κ2) is 6.34. The third-order valence-corrected chi connectivity index (χ3v) is 2.62. The highest BCUT2D eigenvalue weighted by atomic mass is 16.4. The van der Waals surface area contributed by atoms with Gasteiger partial charge in [0.25, 0.3) is 5.91 Å². The lowest BCUT2D eigenvalue weighted by Gasteiger charge is -2.21. The second-order valence-electron chi connectivity index (χ2n) is 4.01. The standard InChI is InChI=1S/C15H12N2O3/c18-14(19)9-11-17(13-8-4-5-10-16-13)15(20)12-6-2-1-3-7-12/h2,4-8,10H,9,11H2,(H,18,19). The zero-order valence-electron chi connectivity index (χ0n) is 10.6. The molecule has 0 saturated heterocycles. The fourth-order valence-corrected chi connectivity index (χ4v) is 1.68. The summed E-state index contributed by atoms with van der Waals surface area (Å²) in [7, 11) is 0. The quantitative estimate of drug-likeness (QED) is 0.825. The van der Waals surface area contributed by atoms with Crippen LogP contribution in [0.2, 0.25) is 0 Å². The predicted octanol–water partition coefficient (Wildman–Crippen LogP) is 1.70. The van der Waals surface area contributed by atoms with Crippen LogP contribution in [0.3, 0.4) is 0 Å². The average molecular weight is 268 g/mol. The number of aromatic nitrogens is 1. The Morgan fingerprint density at radius 2 is 2.15 bits per heavy atom. The molecule has 20 heavy (non-hydrogen) atoms. The Morgan fingerprint density at radius 3 is 2.75 bits per heavy atom. The van der Waals surface area contributed by atoms with Gasteiger partial charge in [-0.15, -0.1) is 0 Å². The highest BCUT2D eigenvalue weighted by Crippen LogP contribution is 2.15. The largest absolute Gasteiger partial charge is 0.481 e. The number of carboxylic acids is 1. The third kappa shape index (κ3) is 3.33. The molecule has 1 aliphatic rings. The zero-order chi connectivity index (χ0) is 14.4. The molecule has 0 unspecified atom stereocenters. The number of carboxylic acid groups (broad SMARTS) is 1. The molecule has 1 amide bonds. The molecule has 5 heteroatoms. The smallest absolute Gasteiger partial charge is 0.305 e. The van der Waals surface area contributed by atoms with E-state index in [9.17, 15) is 9.59 Å². The minimum absolute atomic E-state index is 0.0593. The van der Waals surface area contributed by atoms with Crippen LogP contribution in [0.25, 0.3) is 0 Å². The summed E-state index contributed by atoms with van der Waals surface area (Å²) in [4.78, 5) is 28.6. The molecule has 0 radical (unpaired) electrons. The van der Waals surface area contributed by atoms with E-state index >= 15 is 0 Å². The van der Waals surface area contributed by atoms with Crippen LogP contribution >= 0.6 is 0 Å². The maximum atomic E-state index is 12.4. The molecule has 0 atom stereocenters. The van der Waals surface area contributed by atoms with Gasteiger partial charge in [-0.2, -0.15) is 0 Å². The van der Waals surface area contributed by atoms with Gasteiger partial charge >= 0.3 is 5.97 Å². The van der Waals surface area contributed by atoms with Crippen LogP contribution in [0.15, 0.2) is 59.7 Å². The molecule has 0 bridgehead atoms. The molecule has 0 aromatic carbocycles. The molecular formula is C15H12N2O3. The van der Waals surface area contributed by atoms with Crippen molar-refractivity contribution in [3.8, 4) is 0 Å². The van der Waals surface area contributed by atoms with Crippen molar-refractivity contribution in [2.24, 2.45) is 0 Å². The molecule has 1 aliphatic carbocycles. The molecule has 0 aliphatic heterocycles. The summed E-state index contributed by atoms with van der Waals surface area (Å²) in [6, 6.07) is 5.14. The molecule has 1 aromatic rings. The van der Waals surface area contributed by atoms with Crippen molar-refractivity contribution in [2.75, 3.05) is 11.4 Å². The molecule has 1 N–H and O–H groups in total. The SMILES string of the molecule is O=C(O)CCN(C(=O)C1=CC=C=C=C1)c1ccccn1. The number of anilines is 1. The number of rotatable bonds is 5. The van der Waals surface area contributed by atoms with E-state index in [1.807, 2.05) is 0 Å². The highest BCUT2D eigenvalue weighted by Gasteiger charge is 2.20. The number of amides is 1. The van der Waals surface area contributed by atoms with Gasteiger partial charge in [0.2, 0.25) is 0 Å². The van der Waals surface area contributed by atoms with E-state index in [0.717, 1.165) is 0 Å². The summed E-state index contributed by atoms with van der Waals surface area (Å²) in [5.41, 5.74) is 5.83. The van der Waals surface area contributed by atoms with Crippen LogP contribution in [0.1, 0.15) is 6.42 Å². The van der Waals surface area contributed by atoms with Gasteiger partial charge in [0.05, 0.1) is 6.42 Å². The fourth-order valence-electron chi connectivity index (χ4n) is 1.68. The molecule has 0 saturated carbocycles. The summed E-state index contributed by atoms with van der Waals surface area (Å²) in [5, 5.41) is 8.79. The van der Waals surface area contributed by atoms with Gasteiger partial charge in [-0.25, -0.2) is 4.98 Å². The van der Waals surface area contributed by atoms with Crippen molar-refractivity contribution < 1.29 is 14.7 Å². The van der Waals surface area contributed by atoms with Crippen LogP contribution in [-0.2, 0) is 9.59 Å². The number of hydrogen-bond acceptors (Lipinski definition) is 3. The number of carbonyl (C=O) groups is 2. The van der Waals surface area contributed by atoms with E-state index in [4.69, 9.17) is 5.11 Å². The van der Waals surface area contributed by atoms with Gasteiger partial charge < -0.3 is 5.11 Å². The molecule has 1 aromatic heterocycles. The van der Waals surface area contributed by atoms with Crippen LogP contribution in [0, 0.1) is 0 Å². The highest BCUT2D eigenvalue weighted by molar-refractivity contribution is 6.07. The molecule has 1 heterocycles. The lowest BCUT2D eigenvalue weighted by atomic mass is 10.1. The van der Waals surface area contributed by atoms with Crippen LogP contribution in [-0.4, -0.2) is 28.5 Å². The molecule has 2 rings (SSSR count). The van der Waals surface area contributed by atoms with E-state index in [2.05, 4.69) is 16.4 Å². The lowest BCUT2D eigenvalue weighted by molar-refractivity contribution is -0.136. The number of allylic oxidation sites excluding steroid dienone is 2. The van der Waals surface area contributed by atoms with Crippen LogP contribution in [0.4, 0.5) is 5.82 Å². The number of pyridine rings is 1. The van der Waals surface area contributed by atoms with E-state index < -0.39 is 5.97 Å². The Balaban J connectivity index is 2.25.